The molecule has 2 atom stereocenters. The van der Waals surface area contributed by atoms with Crippen molar-refractivity contribution >= 4 is 24.5 Å². The Bertz CT molecular complexity index is 364. The number of nitrogens with one attached hydrogen (secondary N) is 1. The number of halogens is 1. The molecule has 0 radical (unpaired) electrons. The van der Waals surface area contributed by atoms with Gasteiger partial charge in [-0.1, -0.05) is 6.08 Å². The van der Waals surface area contributed by atoms with E-state index in [9.17, 15) is 9.59 Å². The molecule has 6 heteroatoms. The third kappa shape index (κ3) is 4.42. The molecule has 5 nitrogen and oxygen atoms in total. The summed E-state index contributed by atoms with van der Waals surface area (Å²) < 4.78 is 10.1. The second-order valence-corrected chi connectivity index (χ2v) is 5.37. The molecule has 1 N–H and O–H groups in total. The van der Waals surface area contributed by atoms with Crippen molar-refractivity contribution in [2.45, 2.75) is 45.3 Å². The third-order valence-electron chi connectivity index (χ3n) is 2.66. The normalized spacial score (nSPS) is 24.7. The molecule has 1 saturated carbocycles. The van der Waals surface area contributed by atoms with E-state index >= 15 is 0 Å². The molecule has 0 saturated heterocycles. The predicted octanol–water partition coefficient (Wildman–Crippen LogP) is 2.44. The number of rotatable bonds is 4. The van der Waals surface area contributed by atoms with Gasteiger partial charge in [0.05, 0.1) is 6.61 Å². The number of hydrogen-bond donors (Lipinski definition) is 1. The minimum absolute atomic E-state index is 0. The van der Waals surface area contributed by atoms with E-state index in [4.69, 9.17) is 9.47 Å². The SMILES string of the molecule is C=CC1CC1(NC(=O)OC(C)(C)C)C(=O)OCC.Cl. The van der Waals surface area contributed by atoms with Crippen LogP contribution in [0, 0.1) is 5.92 Å². The lowest BCUT2D eigenvalue weighted by atomic mass is 10.2. The fourth-order valence-corrected chi connectivity index (χ4v) is 1.75. The first-order valence-corrected chi connectivity index (χ1v) is 6.06. The first-order valence-electron chi connectivity index (χ1n) is 6.06. The highest BCUT2D eigenvalue weighted by atomic mass is 35.5. The Hall–Kier alpha value is -1.23. The van der Waals surface area contributed by atoms with E-state index in [2.05, 4.69) is 11.9 Å². The number of amides is 1. The number of carbonyl (C=O) groups is 2. The molecular weight excluding hydrogens is 270 g/mol. The summed E-state index contributed by atoms with van der Waals surface area (Å²) in [6.07, 6.45) is 1.54. The standard InChI is InChI=1S/C13H21NO4.ClH/c1-6-9-8-13(9,10(15)17-7-2)14-11(16)18-12(3,4)5;/h6,9H,1,7-8H2,2-5H3,(H,14,16);1H. The van der Waals surface area contributed by atoms with Crippen molar-refractivity contribution in [3.63, 3.8) is 0 Å². The fourth-order valence-electron chi connectivity index (χ4n) is 1.75. The summed E-state index contributed by atoms with van der Waals surface area (Å²) in [6.45, 7) is 10.9. The van der Waals surface area contributed by atoms with E-state index in [0.717, 1.165) is 0 Å². The molecule has 0 aromatic rings. The van der Waals surface area contributed by atoms with Crippen LogP contribution in [0.1, 0.15) is 34.1 Å². The maximum absolute atomic E-state index is 11.9. The summed E-state index contributed by atoms with van der Waals surface area (Å²) in [5.74, 6) is -0.523. The van der Waals surface area contributed by atoms with Crippen LogP contribution >= 0.6 is 12.4 Å². The lowest BCUT2D eigenvalue weighted by molar-refractivity contribution is -0.147. The summed E-state index contributed by atoms with van der Waals surface area (Å²) in [5, 5.41) is 2.60. The Morgan fingerprint density at radius 2 is 2.05 bits per heavy atom. The van der Waals surface area contributed by atoms with Gasteiger partial charge in [-0.05, 0) is 34.1 Å². The van der Waals surface area contributed by atoms with Gasteiger partial charge in [0.15, 0.2) is 0 Å². The molecule has 2 unspecified atom stereocenters. The maximum Gasteiger partial charge on any atom is 0.408 e. The van der Waals surface area contributed by atoms with E-state index in [1.807, 2.05) is 0 Å². The molecular formula is C13H22ClNO4. The molecule has 1 aliphatic carbocycles. The minimum Gasteiger partial charge on any atom is -0.464 e. The number of alkyl carbamates (subject to hydrolysis) is 1. The number of esters is 1. The molecule has 1 rings (SSSR count). The van der Waals surface area contributed by atoms with Gasteiger partial charge in [-0.15, -0.1) is 19.0 Å². The van der Waals surface area contributed by atoms with Crippen LogP contribution in [-0.4, -0.2) is 29.8 Å². The van der Waals surface area contributed by atoms with Gasteiger partial charge in [-0.25, -0.2) is 9.59 Å². The van der Waals surface area contributed by atoms with Gasteiger partial charge in [0.1, 0.15) is 11.1 Å². The molecule has 110 valence electrons. The highest BCUT2D eigenvalue weighted by molar-refractivity contribution is 5.90. The van der Waals surface area contributed by atoms with E-state index in [1.54, 1.807) is 33.8 Å². The lowest BCUT2D eigenvalue weighted by Crippen LogP contribution is -2.47. The third-order valence-corrected chi connectivity index (χ3v) is 2.66. The van der Waals surface area contributed by atoms with Crippen molar-refractivity contribution in [3.8, 4) is 0 Å². The quantitative estimate of drug-likeness (QED) is 0.638. The second-order valence-electron chi connectivity index (χ2n) is 5.37. The second kappa shape index (κ2) is 6.28. The van der Waals surface area contributed by atoms with Gasteiger partial charge in [-0.3, -0.25) is 0 Å². The van der Waals surface area contributed by atoms with Gasteiger partial charge in [-0.2, -0.15) is 0 Å². The van der Waals surface area contributed by atoms with E-state index in [1.165, 1.54) is 0 Å². The number of ether oxygens (including phenoxy) is 2. The van der Waals surface area contributed by atoms with Gasteiger partial charge in [0.25, 0.3) is 0 Å². The molecule has 0 heterocycles. The predicted molar refractivity (Wildman–Crippen MR) is 74.3 cm³/mol. The molecule has 0 aromatic carbocycles. The highest BCUT2D eigenvalue weighted by Crippen LogP contribution is 2.45. The van der Waals surface area contributed by atoms with E-state index < -0.39 is 23.2 Å². The molecule has 1 fully saturated rings. The van der Waals surface area contributed by atoms with Crippen molar-refractivity contribution in [1.82, 2.24) is 5.32 Å². The van der Waals surface area contributed by atoms with Crippen LogP contribution in [0.25, 0.3) is 0 Å². The Labute approximate surface area is 120 Å². The van der Waals surface area contributed by atoms with Crippen molar-refractivity contribution in [1.29, 1.82) is 0 Å². The molecule has 0 bridgehead atoms. The summed E-state index contributed by atoms with van der Waals surface area (Å²) in [7, 11) is 0. The van der Waals surface area contributed by atoms with Gasteiger partial charge in [0, 0.05) is 5.92 Å². The van der Waals surface area contributed by atoms with Crippen LogP contribution in [0.2, 0.25) is 0 Å². The Morgan fingerprint density at radius 3 is 2.42 bits per heavy atom. The average molecular weight is 292 g/mol. The Kier molecular flexibility index (Phi) is 5.87. The first kappa shape index (κ1) is 17.8. The van der Waals surface area contributed by atoms with Crippen LogP contribution in [0.3, 0.4) is 0 Å². The van der Waals surface area contributed by atoms with Crippen LogP contribution in [0.15, 0.2) is 12.7 Å². The van der Waals surface area contributed by atoms with Crippen LogP contribution in [-0.2, 0) is 14.3 Å². The molecule has 0 aliphatic heterocycles. The maximum atomic E-state index is 11.9. The molecule has 0 aromatic heterocycles. The van der Waals surface area contributed by atoms with E-state index in [0.29, 0.717) is 6.42 Å². The summed E-state index contributed by atoms with van der Waals surface area (Å²) in [6, 6.07) is 0. The zero-order valence-electron chi connectivity index (χ0n) is 11.8. The summed E-state index contributed by atoms with van der Waals surface area (Å²) in [5.41, 5.74) is -1.58. The topological polar surface area (TPSA) is 64.6 Å². The smallest absolute Gasteiger partial charge is 0.408 e. The van der Waals surface area contributed by atoms with Crippen LogP contribution in [0.4, 0.5) is 4.79 Å². The number of hydrogen-bond acceptors (Lipinski definition) is 4. The van der Waals surface area contributed by atoms with Crippen LogP contribution < -0.4 is 5.32 Å². The molecule has 0 spiro atoms. The number of carbonyl (C=O) groups excluding carboxylic acids is 2. The van der Waals surface area contributed by atoms with Crippen LogP contribution in [0.5, 0.6) is 0 Å². The molecule has 19 heavy (non-hydrogen) atoms. The fraction of sp³-hybridized carbons (Fsp3) is 0.692. The van der Waals surface area contributed by atoms with Gasteiger partial charge < -0.3 is 14.8 Å². The first-order chi connectivity index (χ1) is 8.25. The average Bonchev–Trinajstić information content (AvgIpc) is 2.90. The minimum atomic E-state index is -0.986. The zero-order chi connectivity index (χ0) is 14.0. The van der Waals surface area contributed by atoms with Gasteiger partial charge >= 0.3 is 12.1 Å². The highest BCUT2D eigenvalue weighted by Gasteiger charge is 2.61. The molecule has 1 aliphatic rings. The zero-order valence-corrected chi connectivity index (χ0v) is 12.6. The van der Waals surface area contributed by atoms with Crippen molar-refractivity contribution in [2.75, 3.05) is 6.61 Å². The summed E-state index contributed by atoms with van der Waals surface area (Å²) >= 11 is 0. The van der Waals surface area contributed by atoms with Crippen molar-refractivity contribution < 1.29 is 19.1 Å². The lowest BCUT2D eigenvalue weighted by Gasteiger charge is -2.23. The monoisotopic (exact) mass is 291 g/mol. The summed E-state index contributed by atoms with van der Waals surface area (Å²) in [4.78, 5) is 23.6. The van der Waals surface area contributed by atoms with E-state index in [-0.39, 0.29) is 24.9 Å². The van der Waals surface area contributed by atoms with Gasteiger partial charge in [0.2, 0.25) is 0 Å². The van der Waals surface area contributed by atoms with Crippen molar-refractivity contribution in [2.24, 2.45) is 5.92 Å². The molecule has 1 amide bonds. The van der Waals surface area contributed by atoms with Crippen molar-refractivity contribution in [3.05, 3.63) is 12.7 Å². The Balaban J connectivity index is 0.00000324. The largest absolute Gasteiger partial charge is 0.464 e. The Morgan fingerprint density at radius 1 is 1.47 bits per heavy atom.